The van der Waals surface area contributed by atoms with Crippen LogP contribution in [0.1, 0.15) is 155 Å². The van der Waals surface area contributed by atoms with Crippen LogP contribution in [0.5, 0.6) is 0 Å². The smallest absolute Gasteiger partial charge is 0.305 e. The van der Waals surface area contributed by atoms with Crippen molar-refractivity contribution in [3.63, 3.8) is 0 Å². The Morgan fingerprint density at radius 1 is 0.556 bits per heavy atom. The maximum Gasteiger partial charge on any atom is 0.305 e. The van der Waals surface area contributed by atoms with Crippen LogP contribution in [0.15, 0.2) is 0 Å². The summed E-state index contributed by atoms with van der Waals surface area (Å²) in [5.41, 5.74) is -0.229. The molecule has 0 aromatic rings. The first-order chi connectivity index (χ1) is 17.6. The van der Waals surface area contributed by atoms with Crippen molar-refractivity contribution in [3.8, 4) is 0 Å². The zero-order chi connectivity index (χ0) is 26.2. The Bertz CT molecular complexity index is 491. The van der Waals surface area contributed by atoms with Crippen molar-refractivity contribution in [2.45, 2.75) is 155 Å². The number of nitrogens with one attached hydrogen (secondary N) is 1. The standard InChI is InChI=1S/C31H59NO4/c1-3-5-7-9-11-13-15-17-19-21-29(33)35-27-31(23-25-32-26-24-31)28-36-30(34)22-20-18-16-14-12-10-8-6-4-2/h32H,3-28H2,1-2H3. The molecular formula is C31H59NO4. The number of hydrogen-bond acceptors (Lipinski definition) is 5. The molecule has 5 heteroatoms. The molecule has 0 bridgehead atoms. The molecule has 1 saturated heterocycles. The lowest BCUT2D eigenvalue weighted by molar-refractivity contribution is -0.155. The molecule has 1 N–H and O–H groups in total. The molecule has 36 heavy (non-hydrogen) atoms. The Balaban J connectivity index is 2.14. The normalized spacial score (nSPS) is 15.1. The van der Waals surface area contributed by atoms with Crippen LogP contribution in [-0.2, 0) is 19.1 Å². The molecule has 5 nitrogen and oxygen atoms in total. The van der Waals surface area contributed by atoms with Crippen molar-refractivity contribution in [3.05, 3.63) is 0 Å². The van der Waals surface area contributed by atoms with Gasteiger partial charge in [-0.1, -0.05) is 117 Å². The van der Waals surface area contributed by atoms with Crippen LogP contribution < -0.4 is 5.32 Å². The lowest BCUT2D eigenvalue weighted by Crippen LogP contribution is -2.43. The summed E-state index contributed by atoms with van der Waals surface area (Å²) in [4.78, 5) is 24.7. The van der Waals surface area contributed by atoms with Gasteiger partial charge in [-0.25, -0.2) is 0 Å². The van der Waals surface area contributed by atoms with Gasteiger partial charge in [-0.2, -0.15) is 0 Å². The molecule has 1 aliphatic rings. The molecule has 0 aliphatic carbocycles. The van der Waals surface area contributed by atoms with Crippen molar-refractivity contribution in [1.29, 1.82) is 0 Å². The molecule has 1 heterocycles. The van der Waals surface area contributed by atoms with Gasteiger partial charge in [0.15, 0.2) is 0 Å². The predicted octanol–water partition coefficient (Wildman–Crippen LogP) is 8.28. The average Bonchev–Trinajstić information content (AvgIpc) is 2.89. The predicted molar refractivity (Wildman–Crippen MR) is 150 cm³/mol. The maximum atomic E-state index is 12.3. The van der Waals surface area contributed by atoms with Gasteiger partial charge in [0.1, 0.15) is 13.2 Å². The third-order valence-corrected chi connectivity index (χ3v) is 7.71. The van der Waals surface area contributed by atoms with Crippen LogP contribution in [-0.4, -0.2) is 38.2 Å². The van der Waals surface area contributed by atoms with E-state index in [1.54, 1.807) is 0 Å². The van der Waals surface area contributed by atoms with E-state index in [1.807, 2.05) is 0 Å². The number of carbonyl (C=O) groups excluding carboxylic acids is 2. The number of hydrogen-bond donors (Lipinski definition) is 1. The van der Waals surface area contributed by atoms with Gasteiger partial charge in [-0.05, 0) is 38.8 Å². The second kappa shape index (κ2) is 23.0. The van der Waals surface area contributed by atoms with Crippen molar-refractivity contribution < 1.29 is 19.1 Å². The van der Waals surface area contributed by atoms with Crippen molar-refractivity contribution >= 4 is 11.9 Å². The van der Waals surface area contributed by atoms with Crippen molar-refractivity contribution in [1.82, 2.24) is 5.32 Å². The van der Waals surface area contributed by atoms with E-state index in [0.717, 1.165) is 51.6 Å². The van der Waals surface area contributed by atoms with Crippen LogP contribution in [0, 0.1) is 5.41 Å². The van der Waals surface area contributed by atoms with Gasteiger partial charge >= 0.3 is 11.9 Å². The minimum Gasteiger partial charge on any atom is -0.465 e. The minimum absolute atomic E-state index is 0.100. The van der Waals surface area contributed by atoms with Crippen LogP contribution in [0.2, 0.25) is 0 Å². The highest BCUT2D eigenvalue weighted by Crippen LogP contribution is 2.30. The highest BCUT2D eigenvalue weighted by atomic mass is 16.5. The Kier molecular flexibility index (Phi) is 21.1. The molecule has 212 valence electrons. The Hall–Kier alpha value is -1.10. The lowest BCUT2D eigenvalue weighted by atomic mass is 9.80. The number of ether oxygens (including phenoxy) is 2. The number of esters is 2. The van der Waals surface area contributed by atoms with Crippen LogP contribution >= 0.6 is 0 Å². The maximum absolute atomic E-state index is 12.3. The Morgan fingerprint density at radius 2 is 0.889 bits per heavy atom. The topological polar surface area (TPSA) is 64.6 Å². The Labute approximate surface area is 223 Å². The van der Waals surface area contributed by atoms with Crippen LogP contribution in [0.25, 0.3) is 0 Å². The number of unbranched alkanes of at least 4 members (excludes halogenated alkanes) is 16. The molecule has 1 rings (SSSR count). The van der Waals surface area contributed by atoms with E-state index in [4.69, 9.17) is 9.47 Å². The molecule has 0 amide bonds. The van der Waals surface area contributed by atoms with E-state index in [1.165, 1.54) is 89.9 Å². The fraction of sp³-hybridized carbons (Fsp3) is 0.935. The van der Waals surface area contributed by atoms with Gasteiger partial charge in [0.25, 0.3) is 0 Å². The zero-order valence-corrected chi connectivity index (χ0v) is 24.0. The molecule has 0 radical (unpaired) electrons. The summed E-state index contributed by atoms with van der Waals surface area (Å²) in [6, 6.07) is 0. The summed E-state index contributed by atoms with van der Waals surface area (Å²) in [7, 11) is 0. The molecule has 0 spiro atoms. The van der Waals surface area contributed by atoms with E-state index in [0.29, 0.717) is 26.1 Å². The van der Waals surface area contributed by atoms with Gasteiger partial charge in [-0.3, -0.25) is 9.59 Å². The largest absolute Gasteiger partial charge is 0.465 e. The monoisotopic (exact) mass is 509 g/mol. The number of carbonyl (C=O) groups is 2. The fourth-order valence-corrected chi connectivity index (χ4v) is 5.06. The molecule has 0 aromatic heterocycles. The summed E-state index contributed by atoms with van der Waals surface area (Å²) in [5, 5.41) is 3.37. The van der Waals surface area contributed by atoms with Crippen molar-refractivity contribution in [2.24, 2.45) is 5.41 Å². The first-order valence-electron chi connectivity index (χ1n) is 15.6. The molecule has 1 aliphatic heterocycles. The molecule has 0 aromatic carbocycles. The van der Waals surface area contributed by atoms with Gasteiger partial charge in [0.05, 0.1) is 0 Å². The number of piperidine rings is 1. The molecular weight excluding hydrogens is 450 g/mol. The second-order valence-corrected chi connectivity index (χ2v) is 11.2. The van der Waals surface area contributed by atoms with Gasteiger partial charge in [-0.15, -0.1) is 0 Å². The van der Waals surface area contributed by atoms with Gasteiger partial charge in [0, 0.05) is 18.3 Å². The summed E-state index contributed by atoms with van der Waals surface area (Å²) in [6.45, 7) is 7.00. The quantitative estimate of drug-likeness (QED) is 0.105. The highest BCUT2D eigenvalue weighted by molar-refractivity contribution is 5.69. The Morgan fingerprint density at radius 3 is 1.25 bits per heavy atom. The van der Waals surface area contributed by atoms with E-state index in [-0.39, 0.29) is 17.4 Å². The van der Waals surface area contributed by atoms with Crippen LogP contribution in [0.4, 0.5) is 0 Å². The van der Waals surface area contributed by atoms with E-state index in [2.05, 4.69) is 19.2 Å². The van der Waals surface area contributed by atoms with Gasteiger partial charge < -0.3 is 14.8 Å². The SMILES string of the molecule is CCCCCCCCCCCC(=O)OCC1(COC(=O)CCCCCCCCCCC)CCNCC1. The second-order valence-electron chi connectivity index (χ2n) is 11.2. The molecule has 1 fully saturated rings. The average molecular weight is 510 g/mol. The fourth-order valence-electron chi connectivity index (χ4n) is 5.06. The molecule has 0 atom stereocenters. The summed E-state index contributed by atoms with van der Waals surface area (Å²) >= 11 is 0. The summed E-state index contributed by atoms with van der Waals surface area (Å²) in [5.74, 6) is -0.200. The highest BCUT2D eigenvalue weighted by Gasteiger charge is 2.35. The summed E-state index contributed by atoms with van der Waals surface area (Å²) < 4.78 is 11.4. The van der Waals surface area contributed by atoms with Gasteiger partial charge in [0.2, 0.25) is 0 Å². The van der Waals surface area contributed by atoms with E-state index >= 15 is 0 Å². The van der Waals surface area contributed by atoms with Crippen LogP contribution in [0.3, 0.4) is 0 Å². The number of rotatable bonds is 24. The molecule has 0 saturated carbocycles. The first-order valence-corrected chi connectivity index (χ1v) is 15.6. The van der Waals surface area contributed by atoms with E-state index < -0.39 is 0 Å². The minimum atomic E-state index is -0.229. The third-order valence-electron chi connectivity index (χ3n) is 7.71. The third kappa shape index (κ3) is 18.2. The van der Waals surface area contributed by atoms with E-state index in [9.17, 15) is 9.59 Å². The molecule has 0 unspecified atom stereocenters. The summed E-state index contributed by atoms with van der Waals surface area (Å²) in [6.07, 6.45) is 25.1. The van der Waals surface area contributed by atoms with Crippen molar-refractivity contribution in [2.75, 3.05) is 26.3 Å². The zero-order valence-electron chi connectivity index (χ0n) is 24.0. The lowest BCUT2D eigenvalue weighted by Gasteiger charge is -2.36. The first kappa shape index (κ1) is 32.9.